The summed E-state index contributed by atoms with van der Waals surface area (Å²) in [4.78, 5) is 14.6. The normalized spacial score (nSPS) is 26.4. The van der Waals surface area contributed by atoms with Gasteiger partial charge in [-0.25, -0.2) is 8.42 Å². The Morgan fingerprint density at radius 1 is 1.16 bits per heavy atom. The number of benzene rings is 1. The summed E-state index contributed by atoms with van der Waals surface area (Å²) in [6.07, 6.45) is 4.34. The van der Waals surface area contributed by atoms with Gasteiger partial charge in [-0.3, -0.25) is 9.69 Å². The van der Waals surface area contributed by atoms with Crippen LogP contribution >= 0.6 is 0 Å². The second-order valence-electron chi connectivity index (χ2n) is 7.45. The number of hydrogen-bond acceptors (Lipinski definition) is 4. The lowest BCUT2D eigenvalue weighted by Crippen LogP contribution is -2.36. The Bertz CT molecular complexity index is 700. The smallest absolute Gasteiger partial charge is 0.224 e. The highest BCUT2D eigenvalue weighted by molar-refractivity contribution is 7.91. The number of piperidine rings is 1. The Kier molecular flexibility index (Phi) is 5.79. The zero-order valence-electron chi connectivity index (χ0n) is 14.9. The molecule has 1 amide bonds. The lowest BCUT2D eigenvalue weighted by Gasteiger charge is -2.33. The maximum Gasteiger partial charge on any atom is 0.224 e. The molecule has 3 rings (SSSR count). The number of rotatable bonds is 5. The van der Waals surface area contributed by atoms with Gasteiger partial charge in [0.05, 0.1) is 17.4 Å². The number of carbonyl (C=O) groups excluding carboxylic acids is 1. The first-order valence-corrected chi connectivity index (χ1v) is 11.0. The van der Waals surface area contributed by atoms with E-state index in [9.17, 15) is 13.2 Å². The Morgan fingerprint density at radius 3 is 2.52 bits per heavy atom. The van der Waals surface area contributed by atoms with E-state index in [-0.39, 0.29) is 23.3 Å². The average molecular weight is 365 g/mol. The molecular weight excluding hydrogens is 336 g/mol. The van der Waals surface area contributed by atoms with E-state index in [1.807, 2.05) is 0 Å². The summed E-state index contributed by atoms with van der Waals surface area (Å²) >= 11 is 0. The fourth-order valence-corrected chi connectivity index (χ4v) is 5.47. The van der Waals surface area contributed by atoms with Gasteiger partial charge in [0.2, 0.25) is 5.91 Å². The zero-order valence-corrected chi connectivity index (χ0v) is 15.7. The fourth-order valence-electron chi connectivity index (χ4n) is 3.72. The molecule has 0 radical (unpaired) electrons. The molecule has 2 unspecified atom stereocenters. The molecule has 5 nitrogen and oxygen atoms in total. The number of amides is 1. The molecule has 0 saturated carbocycles. The van der Waals surface area contributed by atoms with Crippen molar-refractivity contribution < 1.29 is 13.2 Å². The number of nitrogens with one attached hydrogen (secondary N) is 1. The van der Waals surface area contributed by atoms with E-state index in [1.54, 1.807) is 0 Å². The number of hydrogen-bond donors (Lipinski definition) is 1. The van der Waals surface area contributed by atoms with Crippen molar-refractivity contribution in [2.75, 3.05) is 18.1 Å². The van der Waals surface area contributed by atoms with Gasteiger partial charge in [-0.05, 0) is 43.9 Å². The SMILES string of the molecule is CC1CCCCN1Cc1ccc(CNC(=O)C2CCS(=O)(=O)C2)cc1. The Hall–Kier alpha value is -1.40. The highest BCUT2D eigenvalue weighted by Crippen LogP contribution is 2.20. The first-order valence-electron chi connectivity index (χ1n) is 9.23. The van der Waals surface area contributed by atoms with Crippen LogP contribution in [0.5, 0.6) is 0 Å². The van der Waals surface area contributed by atoms with Crippen molar-refractivity contribution in [3.05, 3.63) is 35.4 Å². The van der Waals surface area contributed by atoms with Gasteiger partial charge in [0.15, 0.2) is 9.84 Å². The van der Waals surface area contributed by atoms with Crippen molar-refractivity contribution >= 4 is 15.7 Å². The predicted molar refractivity (Wildman–Crippen MR) is 98.8 cm³/mol. The number of likely N-dealkylation sites (tertiary alicyclic amines) is 1. The molecular formula is C19H28N2O3S. The summed E-state index contributed by atoms with van der Waals surface area (Å²) in [6, 6.07) is 9.01. The Balaban J connectivity index is 1.48. The van der Waals surface area contributed by atoms with E-state index in [2.05, 4.69) is 41.4 Å². The topological polar surface area (TPSA) is 66.5 Å². The van der Waals surface area contributed by atoms with Gasteiger partial charge < -0.3 is 5.32 Å². The number of carbonyl (C=O) groups is 1. The highest BCUT2D eigenvalue weighted by Gasteiger charge is 2.32. The lowest BCUT2D eigenvalue weighted by atomic mass is 10.0. The zero-order chi connectivity index (χ0) is 17.9. The molecule has 0 bridgehead atoms. The van der Waals surface area contributed by atoms with Gasteiger partial charge in [-0.15, -0.1) is 0 Å². The van der Waals surface area contributed by atoms with Crippen LogP contribution in [0.25, 0.3) is 0 Å². The molecule has 2 aliphatic rings. The first-order chi connectivity index (χ1) is 11.9. The molecule has 6 heteroatoms. The highest BCUT2D eigenvalue weighted by atomic mass is 32.2. The van der Waals surface area contributed by atoms with Crippen molar-refractivity contribution in [2.24, 2.45) is 5.92 Å². The number of sulfone groups is 1. The maximum absolute atomic E-state index is 12.1. The van der Waals surface area contributed by atoms with E-state index < -0.39 is 9.84 Å². The van der Waals surface area contributed by atoms with Crippen LogP contribution in [0.2, 0.25) is 0 Å². The molecule has 1 aromatic rings. The maximum atomic E-state index is 12.1. The second kappa shape index (κ2) is 7.87. The van der Waals surface area contributed by atoms with Crippen molar-refractivity contribution in [3.8, 4) is 0 Å². The van der Waals surface area contributed by atoms with E-state index in [1.165, 1.54) is 31.4 Å². The van der Waals surface area contributed by atoms with Crippen molar-refractivity contribution in [3.63, 3.8) is 0 Å². The minimum absolute atomic E-state index is 0.00814. The summed E-state index contributed by atoms with van der Waals surface area (Å²) in [5.41, 5.74) is 2.34. The van der Waals surface area contributed by atoms with Crippen molar-refractivity contribution in [1.82, 2.24) is 10.2 Å². The molecule has 1 N–H and O–H groups in total. The summed E-state index contributed by atoms with van der Waals surface area (Å²) in [5, 5.41) is 2.87. The third kappa shape index (κ3) is 5.05. The fraction of sp³-hybridized carbons (Fsp3) is 0.632. The molecule has 138 valence electrons. The van der Waals surface area contributed by atoms with Gasteiger partial charge >= 0.3 is 0 Å². The molecule has 0 spiro atoms. The summed E-state index contributed by atoms with van der Waals surface area (Å²) in [6.45, 7) is 4.90. The van der Waals surface area contributed by atoms with Gasteiger partial charge in [-0.1, -0.05) is 30.7 Å². The van der Waals surface area contributed by atoms with E-state index in [4.69, 9.17) is 0 Å². The molecule has 0 aromatic heterocycles. The molecule has 1 aromatic carbocycles. The molecule has 2 heterocycles. The van der Waals surface area contributed by atoms with Crippen LogP contribution in [-0.4, -0.2) is 43.3 Å². The molecule has 2 aliphatic heterocycles. The molecule has 2 fully saturated rings. The van der Waals surface area contributed by atoms with Gasteiger partial charge in [0.1, 0.15) is 0 Å². The van der Waals surface area contributed by atoms with E-state index in [0.717, 1.165) is 12.1 Å². The number of nitrogens with zero attached hydrogens (tertiary/aromatic N) is 1. The van der Waals surface area contributed by atoms with Crippen LogP contribution in [0, 0.1) is 5.92 Å². The van der Waals surface area contributed by atoms with Gasteiger partial charge in [-0.2, -0.15) is 0 Å². The van der Waals surface area contributed by atoms with Crippen LogP contribution < -0.4 is 5.32 Å². The Labute approximate surface area is 150 Å². The van der Waals surface area contributed by atoms with Gasteiger partial charge in [0.25, 0.3) is 0 Å². The average Bonchev–Trinajstić information content (AvgIpc) is 2.96. The van der Waals surface area contributed by atoms with E-state index in [0.29, 0.717) is 19.0 Å². The first kappa shape index (κ1) is 18.4. The molecule has 0 aliphatic carbocycles. The van der Waals surface area contributed by atoms with E-state index >= 15 is 0 Å². The standard InChI is InChI=1S/C19H28N2O3S/c1-15-4-2-3-10-21(15)13-17-7-5-16(6-8-17)12-20-19(22)18-9-11-25(23,24)14-18/h5-8,15,18H,2-4,9-14H2,1H3,(H,20,22). The largest absolute Gasteiger partial charge is 0.352 e. The molecule has 2 saturated heterocycles. The Morgan fingerprint density at radius 2 is 1.88 bits per heavy atom. The summed E-state index contributed by atoms with van der Waals surface area (Å²) < 4.78 is 22.9. The minimum atomic E-state index is -3.01. The van der Waals surface area contributed by atoms with Crippen LogP contribution in [-0.2, 0) is 27.7 Å². The summed E-state index contributed by atoms with van der Waals surface area (Å²) in [5.74, 6) is -0.405. The summed E-state index contributed by atoms with van der Waals surface area (Å²) in [7, 11) is -3.01. The third-order valence-corrected chi connectivity index (χ3v) is 7.19. The van der Waals surface area contributed by atoms with Crippen LogP contribution in [0.1, 0.15) is 43.7 Å². The van der Waals surface area contributed by atoms with Crippen LogP contribution in [0.3, 0.4) is 0 Å². The lowest BCUT2D eigenvalue weighted by molar-refractivity contribution is -0.124. The van der Waals surface area contributed by atoms with Gasteiger partial charge in [0, 0.05) is 19.1 Å². The second-order valence-corrected chi connectivity index (χ2v) is 9.68. The third-order valence-electron chi connectivity index (χ3n) is 5.42. The monoisotopic (exact) mass is 364 g/mol. The minimum Gasteiger partial charge on any atom is -0.352 e. The van der Waals surface area contributed by atoms with Crippen LogP contribution in [0.15, 0.2) is 24.3 Å². The quantitative estimate of drug-likeness (QED) is 0.869. The predicted octanol–water partition coefficient (Wildman–Crippen LogP) is 2.11. The molecule has 2 atom stereocenters. The van der Waals surface area contributed by atoms with Crippen molar-refractivity contribution in [2.45, 2.75) is 51.7 Å². The molecule has 25 heavy (non-hydrogen) atoms. The van der Waals surface area contributed by atoms with Crippen molar-refractivity contribution in [1.29, 1.82) is 0 Å². The van der Waals surface area contributed by atoms with Crippen LogP contribution in [0.4, 0.5) is 0 Å².